The van der Waals surface area contributed by atoms with Gasteiger partial charge in [0.2, 0.25) is 0 Å². The second-order valence-corrected chi connectivity index (χ2v) is 9.12. The van der Waals surface area contributed by atoms with Crippen LogP contribution in [0.15, 0.2) is 53.9 Å². The fourth-order valence-corrected chi connectivity index (χ4v) is 4.68. The van der Waals surface area contributed by atoms with Gasteiger partial charge in [0.25, 0.3) is 11.8 Å². The number of nitrogens with zero attached hydrogens (tertiary/aromatic N) is 1. The largest absolute Gasteiger partial charge is 0.386 e. The molecule has 30 heavy (non-hydrogen) atoms. The molecule has 1 atom stereocenters. The van der Waals surface area contributed by atoms with Crippen LogP contribution in [0.3, 0.4) is 0 Å². The Morgan fingerprint density at radius 1 is 1.30 bits per heavy atom. The van der Waals surface area contributed by atoms with Gasteiger partial charge in [-0.25, -0.2) is 0 Å². The molecule has 3 heterocycles. The monoisotopic (exact) mass is 424 g/mol. The molecule has 1 aromatic heterocycles. The van der Waals surface area contributed by atoms with E-state index in [0.29, 0.717) is 22.9 Å². The van der Waals surface area contributed by atoms with E-state index in [-0.39, 0.29) is 11.9 Å². The van der Waals surface area contributed by atoms with Crippen molar-refractivity contribution in [3.63, 3.8) is 0 Å². The number of likely N-dealkylation sites (tertiary alicyclic amines) is 1. The van der Waals surface area contributed by atoms with Crippen molar-refractivity contribution in [1.29, 1.82) is 0 Å². The molecule has 1 unspecified atom stereocenters. The standard InChI is InChI=1S/C22H24N4O3S/c1-22(2,29)13-6-4-12(5-7-13)17-10-15(19(23)27)20(30-17)25-18-9-8-14-16(24-18)11-26(3)21(14)28/h4-10,16,24-25,29H,11H2,1-3H3,(H2,23,27). The van der Waals surface area contributed by atoms with Crippen molar-refractivity contribution in [3.05, 3.63) is 65.0 Å². The number of amides is 2. The first-order valence-corrected chi connectivity index (χ1v) is 10.4. The van der Waals surface area contributed by atoms with Crippen molar-refractivity contribution >= 4 is 28.2 Å². The Kier molecular flexibility index (Phi) is 4.91. The highest BCUT2D eigenvalue weighted by Gasteiger charge is 2.34. The minimum Gasteiger partial charge on any atom is -0.386 e. The van der Waals surface area contributed by atoms with Crippen LogP contribution < -0.4 is 16.4 Å². The lowest BCUT2D eigenvalue weighted by Crippen LogP contribution is -2.36. The van der Waals surface area contributed by atoms with E-state index in [0.717, 1.165) is 21.6 Å². The number of carbonyl (C=O) groups excluding carboxylic acids is 2. The Balaban J connectivity index is 1.60. The lowest BCUT2D eigenvalue weighted by Gasteiger charge is -2.21. The van der Waals surface area contributed by atoms with Gasteiger partial charge in [0.1, 0.15) is 10.8 Å². The number of fused-ring (bicyclic) bond motifs is 1. The van der Waals surface area contributed by atoms with Crippen LogP contribution in [0.2, 0.25) is 0 Å². The van der Waals surface area contributed by atoms with E-state index >= 15 is 0 Å². The number of thiophene rings is 1. The molecule has 2 aliphatic rings. The molecular weight excluding hydrogens is 400 g/mol. The second kappa shape index (κ2) is 7.30. The summed E-state index contributed by atoms with van der Waals surface area (Å²) in [5.41, 5.74) is 7.57. The summed E-state index contributed by atoms with van der Waals surface area (Å²) in [6.07, 6.45) is 3.61. The number of hydrogen-bond donors (Lipinski definition) is 4. The van der Waals surface area contributed by atoms with E-state index < -0.39 is 11.5 Å². The summed E-state index contributed by atoms with van der Waals surface area (Å²) in [4.78, 5) is 26.7. The molecule has 2 amide bonds. The molecule has 1 aromatic carbocycles. The van der Waals surface area contributed by atoms with Crippen LogP contribution in [-0.2, 0) is 10.4 Å². The van der Waals surface area contributed by atoms with Gasteiger partial charge in [-0.1, -0.05) is 24.3 Å². The van der Waals surface area contributed by atoms with Crippen LogP contribution in [0.1, 0.15) is 29.8 Å². The number of primary amides is 1. The minimum atomic E-state index is -0.916. The molecule has 2 aromatic rings. The maximum absolute atomic E-state index is 12.1. The van der Waals surface area contributed by atoms with E-state index in [2.05, 4.69) is 10.6 Å². The first-order chi connectivity index (χ1) is 14.1. The van der Waals surface area contributed by atoms with Crippen LogP contribution in [0, 0.1) is 0 Å². The summed E-state index contributed by atoms with van der Waals surface area (Å²) in [6.45, 7) is 4.07. The van der Waals surface area contributed by atoms with Gasteiger partial charge in [-0.2, -0.15) is 0 Å². The highest BCUT2D eigenvalue weighted by atomic mass is 32.1. The van der Waals surface area contributed by atoms with Gasteiger partial charge in [0, 0.05) is 24.0 Å². The Morgan fingerprint density at radius 2 is 2.00 bits per heavy atom. The van der Waals surface area contributed by atoms with E-state index in [1.165, 1.54) is 11.3 Å². The number of carbonyl (C=O) groups is 2. The summed E-state index contributed by atoms with van der Waals surface area (Å²) in [7, 11) is 1.77. The Hall–Kier alpha value is -3.10. The van der Waals surface area contributed by atoms with Gasteiger partial charge >= 0.3 is 0 Å². The summed E-state index contributed by atoms with van der Waals surface area (Å²) in [5.74, 6) is 0.213. The number of benzene rings is 1. The van der Waals surface area contributed by atoms with Crippen molar-refractivity contribution in [3.8, 4) is 10.4 Å². The number of nitrogens with two attached hydrogens (primary N) is 1. The predicted molar refractivity (Wildman–Crippen MR) is 118 cm³/mol. The van der Waals surface area contributed by atoms with Crippen LogP contribution >= 0.6 is 11.3 Å². The van der Waals surface area contributed by atoms with Gasteiger partial charge in [-0.3, -0.25) is 9.59 Å². The van der Waals surface area contributed by atoms with Crippen molar-refractivity contribution in [2.75, 3.05) is 18.9 Å². The molecule has 1 saturated heterocycles. The number of dihydropyridines is 1. The third-order valence-electron chi connectivity index (χ3n) is 5.31. The number of aliphatic hydroxyl groups is 1. The third kappa shape index (κ3) is 3.71. The van der Waals surface area contributed by atoms with Crippen LogP contribution in [0.4, 0.5) is 5.00 Å². The molecule has 2 aliphatic heterocycles. The molecule has 1 fully saturated rings. The number of anilines is 1. The Labute approximate surface area is 178 Å². The van der Waals surface area contributed by atoms with E-state index in [4.69, 9.17) is 5.73 Å². The van der Waals surface area contributed by atoms with Gasteiger partial charge in [-0.15, -0.1) is 11.3 Å². The SMILES string of the molecule is CN1CC2NC(Nc3sc(-c4ccc(C(C)(C)O)cc4)cc3C(N)=O)=CC=C2C1=O. The first kappa shape index (κ1) is 20.2. The smallest absolute Gasteiger partial charge is 0.251 e. The highest BCUT2D eigenvalue weighted by Crippen LogP contribution is 2.37. The summed E-state index contributed by atoms with van der Waals surface area (Å²) in [6, 6.07) is 9.27. The van der Waals surface area contributed by atoms with E-state index in [9.17, 15) is 14.7 Å². The third-order valence-corrected chi connectivity index (χ3v) is 6.41. The van der Waals surface area contributed by atoms with Gasteiger partial charge in [0.15, 0.2) is 0 Å². The molecule has 5 N–H and O–H groups in total. The predicted octanol–water partition coefficient (Wildman–Crippen LogP) is 2.36. The average molecular weight is 425 g/mol. The highest BCUT2D eigenvalue weighted by molar-refractivity contribution is 7.19. The summed E-state index contributed by atoms with van der Waals surface area (Å²) >= 11 is 1.42. The molecule has 0 bridgehead atoms. The minimum absolute atomic E-state index is 0.0218. The summed E-state index contributed by atoms with van der Waals surface area (Å²) < 4.78 is 0. The molecular formula is C22H24N4O3S. The Bertz CT molecular complexity index is 1080. The van der Waals surface area contributed by atoms with Crippen molar-refractivity contribution in [2.24, 2.45) is 5.73 Å². The lowest BCUT2D eigenvalue weighted by atomic mass is 9.97. The first-order valence-electron chi connectivity index (χ1n) is 9.61. The molecule has 0 aliphatic carbocycles. The number of rotatable bonds is 5. The van der Waals surface area contributed by atoms with Gasteiger partial charge in [-0.05, 0) is 43.2 Å². The van der Waals surface area contributed by atoms with Crippen molar-refractivity contribution in [2.45, 2.75) is 25.5 Å². The fourth-order valence-electron chi connectivity index (χ4n) is 3.60. The average Bonchev–Trinajstić information content (AvgIpc) is 3.22. The second-order valence-electron chi connectivity index (χ2n) is 8.06. The molecule has 7 nitrogen and oxygen atoms in total. The molecule has 156 valence electrons. The van der Waals surface area contributed by atoms with Gasteiger partial charge < -0.3 is 26.4 Å². The van der Waals surface area contributed by atoms with Crippen molar-refractivity contribution < 1.29 is 14.7 Å². The Morgan fingerprint density at radius 3 is 2.63 bits per heavy atom. The maximum Gasteiger partial charge on any atom is 0.251 e. The van der Waals surface area contributed by atoms with E-state index in [1.807, 2.05) is 30.3 Å². The molecule has 0 radical (unpaired) electrons. The van der Waals surface area contributed by atoms with Crippen LogP contribution in [0.5, 0.6) is 0 Å². The van der Waals surface area contributed by atoms with E-state index in [1.54, 1.807) is 37.9 Å². The van der Waals surface area contributed by atoms with Crippen LogP contribution in [-0.4, -0.2) is 41.5 Å². The quantitative estimate of drug-likeness (QED) is 0.589. The zero-order valence-electron chi connectivity index (χ0n) is 17.0. The molecule has 0 saturated carbocycles. The number of allylic oxidation sites excluding steroid dienone is 2. The maximum atomic E-state index is 12.1. The molecule has 0 spiro atoms. The fraction of sp³-hybridized carbons (Fsp3) is 0.273. The van der Waals surface area contributed by atoms with Gasteiger partial charge in [0.05, 0.1) is 17.2 Å². The van der Waals surface area contributed by atoms with Crippen LogP contribution in [0.25, 0.3) is 10.4 Å². The zero-order valence-corrected chi connectivity index (χ0v) is 17.8. The number of hydrogen-bond acceptors (Lipinski definition) is 6. The lowest BCUT2D eigenvalue weighted by molar-refractivity contribution is -0.123. The molecule has 8 heteroatoms. The zero-order chi connectivity index (χ0) is 21.6. The normalized spacial score (nSPS) is 18.5. The van der Waals surface area contributed by atoms with Crippen molar-refractivity contribution in [1.82, 2.24) is 10.2 Å². The topological polar surface area (TPSA) is 108 Å². The number of likely N-dealkylation sites (N-methyl/N-ethyl adjacent to an activating group) is 1. The summed E-state index contributed by atoms with van der Waals surface area (Å²) in [5, 5.41) is 17.3. The number of nitrogens with one attached hydrogen (secondary N) is 2. The molecule has 4 rings (SSSR count).